The van der Waals surface area contributed by atoms with Gasteiger partial charge in [0.05, 0.1) is 31.0 Å². The Morgan fingerprint density at radius 1 is 1.06 bits per heavy atom. The first-order chi connectivity index (χ1) is 16.7. The second-order valence-electron chi connectivity index (χ2n) is 8.61. The standard InChI is InChI=1S/C24H26N8O2/c25-22-21(20-13-18(29-30-20)16-6-7-16)23(32-8-10-33-11-9-32)28-24(27-22)26-14-17-12-19(31-34-17)15-4-2-1-3-5-15/h1-5,12-13,16H,6-11,14H2,(H,29,30)(H3,25,26,27,28). The van der Waals surface area contributed by atoms with Gasteiger partial charge in [0, 0.05) is 36.3 Å². The number of anilines is 3. The highest BCUT2D eigenvalue weighted by atomic mass is 16.5. The molecule has 3 aromatic heterocycles. The summed E-state index contributed by atoms with van der Waals surface area (Å²) in [5.74, 6) is 2.82. The number of aromatic amines is 1. The Bertz CT molecular complexity index is 1280. The molecule has 0 unspecified atom stereocenters. The molecule has 4 heterocycles. The van der Waals surface area contributed by atoms with Gasteiger partial charge in [-0.2, -0.15) is 15.1 Å². The molecule has 0 bridgehead atoms. The van der Waals surface area contributed by atoms with Crippen molar-refractivity contribution in [1.29, 1.82) is 0 Å². The third kappa shape index (κ3) is 4.19. The quantitative estimate of drug-likeness (QED) is 0.381. The van der Waals surface area contributed by atoms with E-state index in [1.54, 1.807) is 0 Å². The first-order valence-corrected chi connectivity index (χ1v) is 11.6. The number of hydrogen-bond donors (Lipinski definition) is 3. The van der Waals surface area contributed by atoms with E-state index >= 15 is 0 Å². The molecule has 4 aromatic rings. The van der Waals surface area contributed by atoms with Crippen molar-refractivity contribution in [3.05, 3.63) is 53.9 Å². The number of nitrogen functional groups attached to an aromatic ring is 1. The molecule has 1 saturated heterocycles. The smallest absolute Gasteiger partial charge is 0.227 e. The van der Waals surface area contributed by atoms with E-state index in [2.05, 4.69) is 36.6 Å². The van der Waals surface area contributed by atoms with Gasteiger partial charge in [0.25, 0.3) is 0 Å². The Hall–Kier alpha value is -3.92. The lowest BCUT2D eigenvalue weighted by Gasteiger charge is -2.29. The molecule has 34 heavy (non-hydrogen) atoms. The molecule has 1 aromatic carbocycles. The predicted octanol–water partition coefficient (Wildman–Crippen LogP) is 3.43. The fraction of sp³-hybridized carbons (Fsp3) is 0.333. The van der Waals surface area contributed by atoms with E-state index in [0.717, 1.165) is 47.1 Å². The van der Waals surface area contributed by atoms with Gasteiger partial charge in [-0.25, -0.2) is 0 Å². The van der Waals surface area contributed by atoms with Crippen LogP contribution in [0.2, 0.25) is 0 Å². The molecule has 0 spiro atoms. The topological polar surface area (TPSA) is 131 Å². The predicted molar refractivity (Wildman–Crippen MR) is 128 cm³/mol. The van der Waals surface area contributed by atoms with E-state index in [4.69, 9.17) is 20.0 Å². The molecule has 4 N–H and O–H groups in total. The van der Waals surface area contributed by atoms with E-state index in [0.29, 0.717) is 43.2 Å². The summed E-state index contributed by atoms with van der Waals surface area (Å²) < 4.78 is 11.0. The van der Waals surface area contributed by atoms with E-state index in [-0.39, 0.29) is 0 Å². The number of morpholine rings is 1. The highest BCUT2D eigenvalue weighted by Gasteiger charge is 2.28. The third-order valence-corrected chi connectivity index (χ3v) is 6.15. The van der Waals surface area contributed by atoms with Gasteiger partial charge in [0.15, 0.2) is 5.76 Å². The molecule has 2 fully saturated rings. The summed E-state index contributed by atoms with van der Waals surface area (Å²) in [6.07, 6.45) is 2.39. The summed E-state index contributed by atoms with van der Waals surface area (Å²) in [5, 5.41) is 15.1. The molecular formula is C24H26N8O2. The SMILES string of the molecule is Nc1nc(NCc2cc(-c3ccccc3)no2)nc(N2CCOCC2)c1-c1cc(C2CC2)[nH]n1. The van der Waals surface area contributed by atoms with Gasteiger partial charge in [-0.3, -0.25) is 5.10 Å². The minimum atomic E-state index is 0.384. The van der Waals surface area contributed by atoms with Gasteiger partial charge >= 0.3 is 0 Å². The molecule has 2 aliphatic rings. The van der Waals surface area contributed by atoms with E-state index < -0.39 is 0 Å². The van der Waals surface area contributed by atoms with Crippen LogP contribution in [0.1, 0.15) is 30.2 Å². The Balaban J connectivity index is 1.27. The Morgan fingerprint density at radius 3 is 2.68 bits per heavy atom. The maximum Gasteiger partial charge on any atom is 0.227 e. The summed E-state index contributed by atoms with van der Waals surface area (Å²) in [5.41, 5.74) is 10.9. The van der Waals surface area contributed by atoms with Crippen LogP contribution in [-0.4, -0.2) is 51.6 Å². The number of rotatable bonds is 7. The third-order valence-electron chi connectivity index (χ3n) is 6.15. The highest BCUT2D eigenvalue weighted by Crippen LogP contribution is 2.41. The van der Waals surface area contributed by atoms with Crippen LogP contribution < -0.4 is 16.0 Å². The Morgan fingerprint density at radius 2 is 1.88 bits per heavy atom. The van der Waals surface area contributed by atoms with Crippen molar-refractivity contribution in [2.75, 3.05) is 42.3 Å². The van der Waals surface area contributed by atoms with Crippen LogP contribution in [0.4, 0.5) is 17.6 Å². The van der Waals surface area contributed by atoms with Crippen LogP contribution in [0.5, 0.6) is 0 Å². The summed E-state index contributed by atoms with van der Waals surface area (Å²) in [6, 6.07) is 13.9. The zero-order chi connectivity index (χ0) is 22.9. The molecule has 10 nitrogen and oxygen atoms in total. The minimum Gasteiger partial charge on any atom is -0.383 e. The first kappa shape index (κ1) is 20.7. The molecule has 1 aliphatic carbocycles. The largest absolute Gasteiger partial charge is 0.383 e. The number of H-pyrrole nitrogens is 1. The van der Waals surface area contributed by atoms with Crippen molar-refractivity contribution >= 4 is 17.6 Å². The normalized spacial score (nSPS) is 16.1. The van der Waals surface area contributed by atoms with E-state index in [1.165, 1.54) is 12.8 Å². The van der Waals surface area contributed by atoms with Crippen molar-refractivity contribution < 1.29 is 9.26 Å². The van der Waals surface area contributed by atoms with Crippen molar-refractivity contribution in [1.82, 2.24) is 25.3 Å². The lowest BCUT2D eigenvalue weighted by molar-refractivity contribution is 0.122. The van der Waals surface area contributed by atoms with Crippen molar-refractivity contribution in [2.24, 2.45) is 0 Å². The van der Waals surface area contributed by atoms with Crippen LogP contribution in [-0.2, 0) is 11.3 Å². The number of benzene rings is 1. The highest BCUT2D eigenvalue weighted by molar-refractivity contribution is 5.83. The minimum absolute atomic E-state index is 0.384. The average Bonchev–Trinajstić information content (AvgIpc) is 3.42. The Labute approximate surface area is 196 Å². The number of nitrogens with two attached hydrogens (primary N) is 1. The van der Waals surface area contributed by atoms with Crippen LogP contribution in [0.3, 0.4) is 0 Å². The van der Waals surface area contributed by atoms with Crippen LogP contribution in [0.25, 0.3) is 22.5 Å². The second kappa shape index (κ2) is 8.79. The molecule has 10 heteroatoms. The fourth-order valence-corrected chi connectivity index (χ4v) is 4.17. The van der Waals surface area contributed by atoms with Gasteiger partial charge in [-0.05, 0) is 18.9 Å². The molecule has 0 atom stereocenters. The summed E-state index contributed by atoms with van der Waals surface area (Å²) in [6.45, 7) is 3.12. The molecule has 174 valence electrons. The number of ether oxygens (including phenoxy) is 1. The monoisotopic (exact) mass is 458 g/mol. The van der Waals surface area contributed by atoms with Crippen LogP contribution >= 0.6 is 0 Å². The van der Waals surface area contributed by atoms with E-state index in [9.17, 15) is 0 Å². The van der Waals surface area contributed by atoms with Gasteiger partial charge in [0.1, 0.15) is 17.3 Å². The van der Waals surface area contributed by atoms with Gasteiger partial charge in [-0.15, -0.1) is 0 Å². The molecule has 0 amide bonds. The Kier molecular flexibility index (Phi) is 5.34. The van der Waals surface area contributed by atoms with Crippen LogP contribution in [0, 0.1) is 0 Å². The van der Waals surface area contributed by atoms with Crippen molar-refractivity contribution in [3.8, 4) is 22.5 Å². The molecule has 1 aliphatic heterocycles. The first-order valence-electron chi connectivity index (χ1n) is 11.6. The van der Waals surface area contributed by atoms with Gasteiger partial charge in [0.2, 0.25) is 5.95 Å². The summed E-state index contributed by atoms with van der Waals surface area (Å²) in [7, 11) is 0. The average molecular weight is 459 g/mol. The number of nitrogens with zero attached hydrogens (tertiary/aromatic N) is 5. The molecule has 0 radical (unpaired) electrons. The lowest BCUT2D eigenvalue weighted by Crippen LogP contribution is -2.37. The maximum atomic E-state index is 6.47. The number of aromatic nitrogens is 5. The molecule has 6 rings (SSSR count). The maximum absolute atomic E-state index is 6.47. The van der Waals surface area contributed by atoms with Crippen LogP contribution in [0.15, 0.2) is 47.0 Å². The zero-order valence-corrected chi connectivity index (χ0v) is 18.7. The van der Waals surface area contributed by atoms with Crippen molar-refractivity contribution in [3.63, 3.8) is 0 Å². The number of nitrogens with one attached hydrogen (secondary N) is 2. The molecular weight excluding hydrogens is 432 g/mol. The summed E-state index contributed by atoms with van der Waals surface area (Å²) >= 11 is 0. The fourth-order valence-electron chi connectivity index (χ4n) is 4.17. The molecule has 1 saturated carbocycles. The van der Waals surface area contributed by atoms with Gasteiger partial charge < -0.3 is 25.2 Å². The number of hydrogen-bond acceptors (Lipinski definition) is 9. The van der Waals surface area contributed by atoms with Crippen molar-refractivity contribution in [2.45, 2.75) is 25.3 Å². The van der Waals surface area contributed by atoms with E-state index in [1.807, 2.05) is 36.4 Å². The second-order valence-corrected chi connectivity index (χ2v) is 8.61. The van der Waals surface area contributed by atoms with Gasteiger partial charge in [-0.1, -0.05) is 35.5 Å². The zero-order valence-electron chi connectivity index (χ0n) is 18.7. The summed E-state index contributed by atoms with van der Waals surface area (Å²) in [4.78, 5) is 11.5. The lowest BCUT2D eigenvalue weighted by atomic mass is 10.1.